The standard InChI is InChI=1S/C13H15N5O7/c1-6-14-10(18(23)24)4-16(6)7-3-17(13(22)15-12(7)21)11-2-8(20)9(5-19)25-11/h3-4,8-9,11,19-20H,2,5H2,1H3,(H,15,21,22)/t8-,9+,11+/m0/s1. The molecule has 134 valence electrons. The van der Waals surface area contributed by atoms with Gasteiger partial charge in [-0.25, -0.2) is 4.79 Å². The molecular weight excluding hydrogens is 338 g/mol. The first-order valence-electron chi connectivity index (χ1n) is 7.32. The first-order chi connectivity index (χ1) is 11.8. The van der Waals surface area contributed by atoms with Gasteiger partial charge in [0.1, 0.15) is 24.2 Å². The second-order valence-electron chi connectivity index (χ2n) is 5.57. The Morgan fingerprint density at radius 3 is 2.76 bits per heavy atom. The van der Waals surface area contributed by atoms with Gasteiger partial charge in [0, 0.05) is 19.5 Å². The number of rotatable bonds is 4. The minimum Gasteiger partial charge on any atom is -0.394 e. The number of aromatic amines is 1. The number of aryl methyl sites for hydroxylation is 1. The maximum absolute atomic E-state index is 12.1. The van der Waals surface area contributed by atoms with Gasteiger partial charge in [0.25, 0.3) is 5.56 Å². The Morgan fingerprint density at radius 2 is 2.20 bits per heavy atom. The van der Waals surface area contributed by atoms with E-state index in [1.54, 1.807) is 0 Å². The van der Waals surface area contributed by atoms with Crippen molar-refractivity contribution in [2.75, 3.05) is 6.61 Å². The van der Waals surface area contributed by atoms with Crippen LogP contribution in [0.2, 0.25) is 0 Å². The van der Waals surface area contributed by atoms with E-state index < -0.39 is 47.0 Å². The van der Waals surface area contributed by atoms with E-state index in [-0.39, 0.29) is 17.9 Å². The number of ether oxygens (including phenoxy) is 1. The van der Waals surface area contributed by atoms with Crippen molar-refractivity contribution in [3.05, 3.63) is 49.2 Å². The normalized spacial score (nSPS) is 23.1. The van der Waals surface area contributed by atoms with Crippen LogP contribution in [0.4, 0.5) is 5.82 Å². The molecule has 0 unspecified atom stereocenters. The summed E-state index contributed by atoms with van der Waals surface area (Å²) in [5.41, 5.74) is -1.59. The highest BCUT2D eigenvalue weighted by Gasteiger charge is 2.35. The average Bonchev–Trinajstić information content (AvgIpc) is 3.10. The van der Waals surface area contributed by atoms with E-state index in [9.17, 15) is 24.8 Å². The highest BCUT2D eigenvalue weighted by Crippen LogP contribution is 2.27. The van der Waals surface area contributed by atoms with Crippen LogP contribution in [0.5, 0.6) is 0 Å². The van der Waals surface area contributed by atoms with Crippen molar-refractivity contribution in [2.24, 2.45) is 0 Å². The Labute approximate surface area is 139 Å². The van der Waals surface area contributed by atoms with Gasteiger partial charge >= 0.3 is 11.5 Å². The number of aliphatic hydroxyl groups is 2. The molecule has 1 aliphatic heterocycles. The molecule has 25 heavy (non-hydrogen) atoms. The lowest BCUT2D eigenvalue weighted by atomic mass is 10.2. The van der Waals surface area contributed by atoms with Crippen molar-refractivity contribution in [3.8, 4) is 5.69 Å². The smallest absolute Gasteiger partial charge is 0.382 e. The summed E-state index contributed by atoms with van der Waals surface area (Å²) in [6.45, 7) is 1.05. The van der Waals surface area contributed by atoms with E-state index in [1.165, 1.54) is 17.7 Å². The van der Waals surface area contributed by atoms with Crippen LogP contribution in [0.3, 0.4) is 0 Å². The van der Waals surface area contributed by atoms with Gasteiger partial charge in [-0.1, -0.05) is 0 Å². The summed E-state index contributed by atoms with van der Waals surface area (Å²) in [4.78, 5) is 40.1. The fourth-order valence-corrected chi connectivity index (χ4v) is 2.70. The third-order valence-corrected chi connectivity index (χ3v) is 3.96. The summed E-state index contributed by atoms with van der Waals surface area (Å²) < 4.78 is 7.64. The quantitative estimate of drug-likeness (QED) is 0.445. The van der Waals surface area contributed by atoms with Crippen LogP contribution < -0.4 is 11.2 Å². The largest absolute Gasteiger partial charge is 0.394 e. The van der Waals surface area contributed by atoms with Crippen molar-refractivity contribution in [2.45, 2.75) is 31.8 Å². The average molecular weight is 353 g/mol. The minimum absolute atomic E-state index is 0.0413. The SMILES string of the molecule is Cc1nc([N+](=O)[O-])cn1-c1cn([C@H]2C[C@H](O)[C@@H](CO)O2)c(=O)[nH]c1=O. The van der Waals surface area contributed by atoms with E-state index in [2.05, 4.69) is 9.97 Å². The Morgan fingerprint density at radius 1 is 1.48 bits per heavy atom. The van der Waals surface area contributed by atoms with Gasteiger partial charge in [-0.3, -0.25) is 18.9 Å². The molecule has 3 N–H and O–H groups in total. The first kappa shape index (κ1) is 17.0. The maximum Gasteiger partial charge on any atom is 0.382 e. The Hall–Kier alpha value is -2.83. The second kappa shape index (κ2) is 6.23. The molecule has 0 bridgehead atoms. The topological polar surface area (TPSA) is 166 Å². The van der Waals surface area contributed by atoms with Crippen molar-refractivity contribution in [1.82, 2.24) is 19.1 Å². The van der Waals surface area contributed by atoms with Crippen LogP contribution in [0.25, 0.3) is 5.69 Å². The number of nitrogens with one attached hydrogen (secondary N) is 1. The van der Waals surface area contributed by atoms with Crippen LogP contribution in [0.15, 0.2) is 22.0 Å². The monoisotopic (exact) mass is 353 g/mol. The predicted molar refractivity (Wildman–Crippen MR) is 81.5 cm³/mol. The number of hydrogen-bond donors (Lipinski definition) is 3. The highest BCUT2D eigenvalue weighted by atomic mass is 16.6. The molecule has 0 radical (unpaired) electrons. The lowest BCUT2D eigenvalue weighted by Crippen LogP contribution is -2.34. The van der Waals surface area contributed by atoms with Crippen molar-refractivity contribution < 1.29 is 19.9 Å². The van der Waals surface area contributed by atoms with Crippen LogP contribution in [0.1, 0.15) is 18.5 Å². The Kier molecular flexibility index (Phi) is 4.24. The summed E-state index contributed by atoms with van der Waals surface area (Å²) in [5.74, 6) is -0.259. The Bertz CT molecular complexity index is 930. The fraction of sp³-hybridized carbons (Fsp3) is 0.462. The molecule has 0 aliphatic carbocycles. The molecule has 2 aromatic heterocycles. The molecule has 1 aliphatic rings. The zero-order valence-electron chi connectivity index (χ0n) is 13.0. The first-order valence-corrected chi connectivity index (χ1v) is 7.32. The summed E-state index contributed by atoms with van der Waals surface area (Å²) in [6.07, 6.45) is -0.419. The molecular formula is C13H15N5O7. The minimum atomic E-state index is -0.964. The third kappa shape index (κ3) is 2.97. The molecule has 12 nitrogen and oxygen atoms in total. The molecule has 0 spiro atoms. The summed E-state index contributed by atoms with van der Waals surface area (Å²) in [7, 11) is 0. The molecule has 0 saturated carbocycles. The lowest BCUT2D eigenvalue weighted by Gasteiger charge is -2.15. The number of nitro groups is 1. The number of aliphatic hydroxyl groups excluding tert-OH is 2. The molecule has 3 heterocycles. The van der Waals surface area contributed by atoms with Gasteiger partial charge in [-0.15, -0.1) is 0 Å². The van der Waals surface area contributed by atoms with Crippen LogP contribution in [-0.2, 0) is 4.74 Å². The number of hydrogen-bond acceptors (Lipinski definition) is 8. The number of imidazole rings is 1. The van der Waals surface area contributed by atoms with Crippen LogP contribution >= 0.6 is 0 Å². The van der Waals surface area contributed by atoms with E-state index in [1.807, 2.05) is 0 Å². The van der Waals surface area contributed by atoms with Crippen molar-refractivity contribution in [3.63, 3.8) is 0 Å². The van der Waals surface area contributed by atoms with Crippen molar-refractivity contribution >= 4 is 5.82 Å². The molecule has 1 saturated heterocycles. The molecule has 0 amide bonds. The fourth-order valence-electron chi connectivity index (χ4n) is 2.70. The van der Waals surface area contributed by atoms with Crippen LogP contribution in [0, 0.1) is 17.0 Å². The van der Waals surface area contributed by atoms with E-state index in [0.717, 1.165) is 10.8 Å². The summed E-state index contributed by atoms with van der Waals surface area (Å²) in [5, 5.41) is 29.8. The zero-order valence-corrected chi connectivity index (χ0v) is 13.0. The van der Waals surface area contributed by atoms with Gasteiger partial charge in [0.15, 0.2) is 0 Å². The van der Waals surface area contributed by atoms with Crippen molar-refractivity contribution in [1.29, 1.82) is 0 Å². The van der Waals surface area contributed by atoms with E-state index in [0.29, 0.717) is 0 Å². The lowest BCUT2D eigenvalue weighted by molar-refractivity contribution is -0.389. The number of aromatic nitrogens is 4. The van der Waals surface area contributed by atoms with Crippen LogP contribution in [-0.4, -0.2) is 53.1 Å². The molecule has 2 aromatic rings. The third-order valence-electron chi connectivity index (χ3n) is 3.96. The van der Waals surface area contributed by atoms with Gasteiger partial charge < -0.3 is 25.1 Å². The van der Waals surface area contributed by atoms with Gasteiger partial charge in [0.05, 0.1) is 12.7 Å². The van der Waals surface area contributed by atoms with Gasteiger partial charge in [-0.05, 0) is 9.91 Å². The highest BCUT2D eigenvalue weighted by molar-refractivity contribution is 5.32. The van der Waals surface area contributed by atoms with E-state index in [4.69, 9.17) is 9.84 Å². The second-order valence-corrected chi connectivity index (χ2v) is 5.57. The molecule has 1 fully saturated rings. The van der Waals surface area contributed by atoms with Gasteiger partial charge in [0.2, 0.25) is 5.82 Å². The van der Waals surface area contributed by atoms with E-state index >= 15 is 0 Å². The Balaban J connectivity index is 2.07. The molecule has 12 heteroatoms. The number of nitrogens with zero attached hydrogens (tertiary/aromatic N) is 4. The predicted octanol–water partition coefficient (Wildman–Crippen LogP) is -1.42. The van der Waals surface area contributed by atoms with Gasteiger partial charge in [-0.2, -0.15) is 0 Å². The molecule has 0 aromatic carbocycles. The summed E-state index contributed by atoms with van der Waals surface area (Å²) in [6, 6.07) is 0. The maximum atomic E-state index is 12.1. The number of H-pyrrole nitrogens is 1. The zero-order chi connectivity index (χ0) is 18.3. The molecule has 3 atom stereocenters. The molecule has 3 rings (SSSR count). The summed E-state index contributed by atoms with van der Waals surface area (Å²) >= 11 is 0.